The van der Waals surface area contributed by atoms with E-state index in [1.165, 1.54) is 0 Å². The molecule has 0 spiro atoms. The first-order chi connectivity index (χ1) is 8.25. The number of halogens is 1. The van der Waals surface area contributed by atoms with Crippen LogP contribution >= 0.6 is 0 Å². The van der Waals surface area contributed by atoms with Crippen LogP contribution < -0.4 is 11.1 Å². The molecule has 0 bridgehead atoms. The van der Waals surface area contributed by atoms with Crippen molar-refractivity contribution in [3.63, 3.8) is 0 Å². The first-order valence-corrected chi connectivity index (χ1v) is 5.27. The van der Waals surface area contributed by atoms with Crippen LogP contribution in [0.2, 0.25) is 0 Å². The van der Waals surface area contributed by atoms with Gasteiger partial charge in [0.05, 0.1) is 12.4 Å². The molecule has 2 rings (SSSR count). The molecule has 5 heteroatoms. The Bertz CT molecular complexity index is 458. The molecule has 0 aliphatic heterocycles. The van der Waals surface area contributed by atoms with E-state index in [9.17, 15) is 4.39 Å². The van der Waals surface area contributed by atoms with E-state index >= 15 is 0 Å². The molecule has 17 heavy (non-hydrogen) atoms. The molecule has 1 unspecified atom stereocenters. The van der Waals surface area contributed by atoms with E-state index in [4.69, 9.17) is 5.73 Å². The summed E-state index contributed by atoms with van der Waals surface area (Å²) in [4.78, 5) is 7.58. The normalized spacial score (nSPS) is 12.1. The third-order valence-electron chi connectivity index (χ3n) is 2.33. The second-order valence-corrected chi connectivity index (χ2v) is 3.62. The zero-order valence-electron chi connectivity index (χ0n) is 9.18. The van der Waals surface area contributed by atoms with Crippen LogP contribution in [0.5, 0.6) is 0 Å². The van der Waals surface area contributed by atoms with E-state index in [2.05, 4.69) is 15.3 Å². The van der Waals surface area contributed by atoms with E-state index < -0.39 is 5.82 Å². The van der Waals surface area contributed by atoms with Gasteiger partial charge in [0.2, 0.25) is 5.95 Å². The molecule has 1 aromatic heterocycles. The van der Waals surface area contributed by atoms with Crippen molar-refractivity contribution in [3.8, 4) is 0 Å². The highest BCUT2D eigenvalue weighted by molar-refractivity contribution is 5.26. The third-order valence-corrected chi connectivity index (χ3v) is 2.33. The second kappa shape index (κ2) is 5.36. The standard InChI is InChI=1S/C12H13FN4/c13-10-6-15-12(16-7-10)17-8-11(14)9-4-2-1-3-5-9/h1-7,11H,8,14H2,(H,15,16,17). The largest absolute Gasteiger partial charge is 0.352 e. The zero-order chi connectivity index (χ0) is 12.1. The first-order valence-electron chi connectivity index (χ1n) is 5.27. The first kappa shape index (κ1) is 11.5. The van der Waals surface area contributed by atoms with Crippen molar-refractivity contribution in [1.82, 2.24) is 9.97 Å². The van der Waals surface area contributed by atoms with Gasteiger partial charge in [-0.05, 0) is 5.56 Å². The van der Waals surface area contributed by atoms with Gasteiger partial charge < -0.3 is 11.1 Å². The molecule has 0 amide bonds. The molecular formula is C12H13FN4. The minimum absolute atomic E-state index is 0.148. The van der Waals surface area contributed by atoms with Gasteiger partial charge in [0.1, 0.15) is 0 Å². The maximum absolute atomic E-state index is 12.6. The van der Waals surface area contributed by atoms with E-state index in [-0.39, 0.29) is 6.04 Å². The van der Waals surface area contributed by atoms with Crippen LogP contribution in [-0.2, 0) is 0 Å². The smallest absolute Gasteiger partial charge is 0.222 e. The average Bonchev–Trinajstić information content (AvgIpc) is 2.39. The summed E-state index contributed by atoms with van der Waals surface area (Å²) >= 11 is 0. The molecule has 1 aromatic carbocycles. The van der Waals surface area contributed by atoms with Crippen LogP contribution in [0.15, 0.2) is 42.7 Å². The molecule has 0 saturated heterocycles. The van der Waals surface area contributed by atoms with Gasteiger partial charge >= 0.3 is 0 Å². The monoisotopic (exact) mass is 232 g/mol. The van der Waals surface area contributed by atoms with Crippen LogP contribution in [0.4, 0.5) is 10.3 Å². The average molecular weight is 232 g/mol. The van der Waals surface area contributed by atoms with Gasteiger partial charge in [-0.25, -0.2) is 14.4 Å². The van der Waals surface area contributed by atoms with Crippen molar-refractivity contribution in [2.75, 3.05) is 11.9 Å². The second-order valence-electron chi connectivity index (χ2n) is 3.62. The number of hydrogen-bond acceptors (Lipinski definition) is 4. The summed E-state index contributed by atoms with van der Waals surface area (Å²) in [5.74, 6) is -0.0827. The summed E-state index contributed by atoms with van der Waals surface area (Å²) in [5.41, 5.74) is 7.01. The summed E-state index contributed by atoms with van der Waals surface area (Å²) in [7, 11) is 0. The van der Waals surface area contributed by atoms with Crippen molar-refractivity contribution < 1.29 is 4.39 Å². The Labute approximate surface area is 98.7 Å². The van der Waals surface area contributed by atoms with Gasteiger partial charge in [-0.1, -0.05) is 30.3 Å². The predicted molar refractivity (Wildman–Crippen MR) is 63.9 cm³/mol. The predicted octanol–water partition coefficient (Wildman–Crippen LogP) is 1.73. The fraction of sp³-hybridized carbons (Fsp3) is 0.167. The summed E-state index contributed by atoms with van der Waals surface area (Å²) in [6.45, 7) is 0.496. The Morgan fingerprint density at radius 2 is 1.82 bits per heavy atom. The molecule has 1 atom stereocenters. The van der Waals surface area contributed by atoms with Crippen molar-refractivity contribution >= 4 is 5.95 Å². The van der Waals surface area contributed by atoms with E-state index in [1.54, 1.807) is 0 Å². The Morgan fingerprint density at radius 1 is 1.18 bits per heavy atom. The lowest BCUT2D eigenvalue weighted by molar-refractivity contribution is 0.613. The highest BCUT2D eigenvalue weighted by atomic mass is 19.1. The molecule has 0 aliphatic rings. The minimum Gasteiger partial charge on any atom is -0.352 e. The Morgan fingerprint density at radius 3 is 2.47 bits per heavy atom. The number of hydrogen-bond donors (Lipinski definition) is 2. The maximum Gasteiger partial charge on any atom is 0.222 e. The quantitative estimate of drug-likeness (QED) is 0.842. The lowest BCUT2D eigenvalue weighted by Gasteiger charge is -2.12. The highest BCUT2D eigenvalue weighted by Crippen LogP contribution is 2.09. The maximum atomic E-state index is 12.6. The molecule has 1 heterocycles. The van der Waals surface area contributed by atoms with Gasteiger partial charge in [-0.3, -0.25) is 0 Å². The number of rotatable bonds is 4. The molecule has 0 saturated carbocycles. The molecule has 0 radical (unpaired) electrons. The topological polar surface area (TPSA) is 63.8 Å². The molecule has 0 fully saturated rings. The summed E-state index contributed by atoms with van der Waals surface area (Å²) in [6.07, 6.45) is 2.23. The number of benzene rings is 1. The number of nitrogens with one attached hydrogen (secondary N) is 1. The lowest BCUT2D eigenvalue weighted by Crippen LogP contribution is -2.21. The Balaban J connectivity index is 1.92. The van der Waals surface area contributed by atoms with Crippen LogP contribution in [0.25, 0.3) is 0 Å². The van der Waals surface area contributed by atoms with Gasteiger partial charge in [0.15, 0.2) is 5.82 Å². The van der Waals surface area contributed by atoms with E-state index in [0.717, 1.165) is 18.0 Å². The van der Waals surface area contributed by atoms with Crippen molar-refractivity contribution in [2.24, 2.45) is 5.73 Å². The molecule has 4 nitrogen and oxygen atoms in total. The van der Waals surface area contributed by atoms with Gasteiger partial charge in [0.25, 0.3) is 0 Å². The fourth-order valence-corrected chi connectivity index (χ4v) is 1.42. The Kier molecular flexibility index (Phi) is 3.62. The third kappa shape index (κ3) is 3.22. The molecule has 3 N–H and O–H groups in total. The van der Waals surface area contributed by atoms with Crippen LogP contribution in [-0.4, -0.2) is 16.5 Å². The van der Waals surface area contributed by atoms with Gasteiger partial charge in [0, 0.05) is 12.6 Å². The number of nitrogens with zero attached hydrogens (tertiary/aromatic N) is 2. The van der Waals surface area contributed by atoms with Gasteiger partial charge in [-0.15, -0.1) is 0 Å². The number of anilines is 1. The van der Waals surface area contributed by atoms with E-state index in [1.807, 2.05) is 30.3 Å². The van der Waals surface area contributed by atoms with Crippen molar-refractivity contribution in [3.05, 3.63) is 54.1 Å². The Hall–Kier alpha value is -2.01. The summed E-state index contributed by atoms with van der Waals surface area (Å²) in [5, 5.41) is 2.96. The molecule has 0 aliphatic carbocycles. The van der Waals surface area contributed by atoms with Crippen molar-refractivity contribution in [1.29, 1.82) is 0 Å². The lowest BCUT2D eigenvalue weighted by atomic mass is 10.1. The molecule has 88 valence electrons. The number of nitrogens with two attached hydrogens (primary N) is 1. The van der Waals surface area contributed by atoms with Gasteiger partial charge in [-0.2, -0.15) is 0 Å². The zero-order valence-corrected chi connectivity index (χ0v) is 9.18. The van der Waals surface area contributed by atoms with Crippen LogP contribution in [0, 0.1) is 5.82 Å². The fourth-order valence-electron chi connectivity index (χ4n) is 1.42. The molecular weight excluding hydrogens is 219 g/mol. The minimum atomic E-state index is -0.456. The molecule has 2 aromatic rings. The van der Waals surface area contributed by atoms with Crippen molar-refractivity contribution in [2.45, 2.75) is 6.04 Å². The highest BCUT2D eigenvalue weighted by Gasteiger charge is 2.05. The van der Waals surface area contributed by atoms with E-state index in [0.29, 0.717) is 12.5 Å². The SMILES string of the molecule is NC(CNc1ncc(F)cn1)c1ccccc1. The number of aromatic nitrogens is 2. The van der Waals surface area contributed by atoms with Crippen LogP contribution in [0.3, 0.4) is 0 Å². The summed E-state index contributed by atoms with van der Waals surface area (Å²) in [6, 6.07) is 9.57. The van der Waals surface area contributed by atoms with Crippen LogP contribution in [0.1, 0.15) is 11.6 Å². The summed E-state index contributed by atoms with van der Waals surface area (Å²) < 4.78 is 12.6.